The zero-order valence-electron chi connectivity index (χ0n) is 19.1. The van der Waals surface area contributed by atoms with Crippen molar-refractivity contribution in [3.63, 3.8) is 0 Å². The van der Waals surface area contributed by atoms with Gasteiger partial charge in [0.05, 0.1) is 54.7 Å². The lowest BCUT2D eigenvalue weighted by Crippen LogP contribution is -2.60. The van der Waals surface area contributed by atoms with E-state index in [1.165, 1.54) is 10.7 Å². The maximum absolute atomic E-state index is 14.3. The monoisotopic (exact) mass is 493 g/mol. The van der Waals surface area contributed by atoms with Crippen LogP contribution in [0.15, 0.2) is 18.5 Å². The van der Waals surface area contributed by atoms with E-state index in [9.17, 15) is 27.6 Å². The molecule has 2 aromatic heterocycles. The Morgan fingerprint density at radius 2 is 1.89 bits per heavy atom. The van der Waals surface area contributed by atoms with Crippen molar-refractivity contribution >= 4 is 11.7 Å². The Kier molecular flexibility index (Phi) is 5.66. The fourth-order valence-corrected chi connectivity index (χ4v) is 5.58. The molecular formula is C23H27F4N7O. The molecule has 3 fully saturated rings. The van der Waals surface area contributed by atoms with Gasteiger partial charge in [0.15, 0.2) is 5.65 Å². The summed E-state index contributed by atoms with van der Waals surface area (Å²) >= 11 is 0. The highest BCUT2D eigenvalue weighted by molar-refractivity contribution is 5.76. The van der Waals surface area contributed by atoms with Gasteiger partial charge in [0.1, 0.15) is 0 Å². The number of rotatable bonds is 5. The van der Waals surface area contributed by atoms with Gasteiger partial charge in [0.25, 0.3) is 5.92 Å². The molecule has 3 N–H and O–H groups in total. The second-order valence-electron chi connectivity index (χ2n) is 10.1. The van der Waals surface area contributed by atoms with Crippen molar-refractivity contribution < 1.29 is 22.4 Å². The molecule has 12 heteroatoms. The molecule has 2 amide bonds. The summed E-state index contributed by atoms with van der Waals surface area (Å²) in [6, 6.07) is 1.80. The quantitative estimate of drug-likeness (QED) is 0.613. The van der Waals surface area contributed by atoms with Gasteiger partial charge in [-0.25, -0.2) is 31.9 Å². The number of nitrogens with two attached hydrogens (primary N) is 1. The number of amides is 2. The van der Waals surface area contributed by atoms with Crippen LogP contribution in [0, 0.1) is 22.7 Å². The molecule has 188 valence electrons. The van der Waals surface area contributed by atoms with E-state index in [1.807, 2.05) is 0 Å². The fraction of sp³-hybridized carbons (Fsp3) is 0.652. The number of carbonyl (C=O) groups excluding carboxylic acids is 1. The van der Waals surface area contributed by atoms with Crippen LogP contribution in [0.25, 0.3) is 5.65 Å². The highest BCUT2D eigenvalue weighted by atomic mass is 19.3. The molecule has 2 saturated carbocycles. The largest absolute Gasteiger partial charge is 0.332 e. The van der Waals surface area contributed by atoms with Gasteiger partial charge in [-0.15, -0.1) is 0 Å². The Balaban J connectivity index is 1.47. The molecule has 2 atom stereocenters. The number of fused-ring (bicyclic) bond motifs is 1. The Morgan fingerprint density at radius 1 is 1.17 bits per heavy atom. The first-order valence-electron chi connectivity index (χ1n) is 11.8. The maximum Gasteiger partial charge on any atom is 0.318 e. The Hall–Kier alpha value is -2.94. The normalized spacial score (nSPS) is 25.4. The molecule has 5 rings (SSSR count). The number of nitrogens with one attached hydrogen (secondary N) is 1. The van der Waals surface area contributed by atoms with Crippen LogP contribution < -0.4 is 11.1 Å². The van der Waals surface area contributed by atoms with E-state index >= 15 is 0 Å². The molecule has 1 saturated heterocycles. The molecule has 0 aromatic carbocycles. The summed E-state index contributed by atoms with van der Waals surface area (Å²) in [5, 5.41) is 16.6. The van der Waals surface area contributed by atoms with Crippen LogP contribution in [0.5, 0.6) is 0 Å². The SMILES string of the molecule is N#CC1(C(c2cnn3cc([C@@H](N)C4CCC(F)(F)CC4)nc3c2)N2CC(F)(F)CNC2=O)CCC1. The number of carbonyl (C=O) groups is 1. The third kappa shape index (κ3) is 4.30. The van der Waals surface area contributed by atoms with E-state index in [1.54, 1.807) is 12.3 Å². The topological polar surface area (TPSA) is 112 Å². The number of aromatic nitrogens is 3. The predicted molar refractivity (Wildman–Crippen MR) is 117 cm³/mol. The molecule has 1 aliphatic heterocycles. The van der Waals surface area contributed by atoms with E-state index in [2.05, 4.69) is 21.5 Å². The second kappa shape index (κ2) is 8.33. The van der Waals surface area contributed by atoms with Crippen LogP contribution in [0.4, 0.5) is 22.4 Å². The van der Waals surface area contributed by atoms with Crippen molar-refractivity contribution in [1.29, 1.82) is 5.26 Å². The number of nitrogens with zero attached hydrogens (tertiary/aromatic N) is 5. The van der Waals surface area contributed by atoms with Crippen molar-refractivity contribution in [2.75, 3.05) is 13.1 Å². The van der Waals surface area contributed by atoms with Gasteiger partial charge >= 0.3 is 6.03 Å². The van der Waals surface area contributed by atoms with Crippen LogP contribution in [0.2, 0.25) is 0 Å². The Bertz CT molecular complexity index is 1160. The van der Waals surface area contributed by atoms with E-state index in [0.717, 1.165) is 11.3 Å². The van der Waals surface area contributed by atoms with Gasteiger partial charge in [-0.1, -0.05) is 6.42 Å². The van der Waals surface area contributed by atoms with Crippen molar-refractivity contribution in [3.8, 4) is 6.07 Å². The van der Waals surface area contributed by atoms with Gasteiger partial charge in [0, 0.05) is 18.4 Å². The van der Waals surface area contributed by atoms with Crippen molar-refractivity contribution in [2.24, 2.45) is 17.1 Å². The number of urea groups is 1. The first kappa shape index (κ1) is 23.8. The first-order chi connectivity index (χ1) is 16.5. The molecule has 3 aliphatic rings. The minimum atomic E-state index is -3.13. The summed E-state index contributed by atoms with van der Waals surface area (Å²) in [4.78, 5) is 18.2. The fourth-order valence-electron chi connectivity index (χ4n) is 5.58. The summed E-state index contributed by atoms with van der Waals surface area (Å²) in [5.41, 5.74) is 6.70. The van der Waals surface area contributed by atoms with Gasteiger partial charge in [-0.05, 0) is 37.7 Å². The summed E-state index contributed by atoms with van der Waals surface area (Å²) < 4.78 is 57.1. The Labute approximate surface area is 199 Å². The van der Waals surface area contributed by atoms with E-state index in [4.69, 9.17) is 5.73 Å². The molecule has 2 aliphatic carbocycles. The van der Waals surface area contributed by atoms with E-state index < -0.39 is 48.5 Å². The molecule has 1 unspecified atom stereocenters. The second-order valence-corrected chi connectivity index (χ2v) is 10.1. The average molecular weight is 494 g/mol. The third-order valence-electron chi connectivity index (χ3n) is 7.75. The maximum atomic E-state index is 14.3. The number of imidazole rings is 1. The summed E-state index contributed by atoms with van der Waals surface area (Å²) in [6.07, 6.45) is 5.00. The van der Waals surface area contributed by atoms with E-state index in [-0.39, 0.29) is 18.8 Å². The van der Waals surface area contributed by atoms with Crippen LogP contribution in [-0.4, -0.2) is 50.5 Å². The lowest BCUT2D eigenvalue weighted by Gasteiger charge is -2.49. The molecule has 3 heterocycles. The van der Waals surface area contributed by atoms with Crippen molar-refractivity contribution in [2.45, 2.75) is 68.9 Å². The van der Waals surface area contributed by atoms with Gasteiger partial charge < -0.3 is 16.0 Å². The van der Waals surface area contributed by atoms with Crippen LogP contribution >= 0.6 is 0 Å². The average Bonchev–Trinajstić information content (AvgIpc) is 3.21. The number of hydrogen-bond acceptors (Lipinski definition) is 5. The number of nitriles is 1. The minimum absolute atomic E-state index is 0.136. The van der Waals surface area contributed by atoms with E-state index in [0.29, 0.717) is 42.6 Å². The molecular weight excluding hydrogens is 466 g/mol. The molecule has 0 radical (unpaired) electrons. The third-order valence-corrected chi connectivity index (χ3v) is 7.75. The van der Waals surface area contributed by atoms with Gasteiger partial charge in [0.2, 0.25) is 5.92 Å². The number of halogens is 4. The molecule has 0 spiro atoms. The smallest absolute Gasteiger partial charge is 0.318 e. The zero-order chi connectivity index (χ0) is 25.0. The van der Waals surface area contributed by atoms with Crippen LogP contribution in [0.3, 0.4) is 0 Å². The molecule has 35 heavy (non-hydrogen) atoms. The highest BCUT2D eigenvalue weighted by Crippen LogP contribution is 2.53. The first-order valence-corrected chi connectivity index (χ1v) is 11.8. The zero-order valence-corrected chi connectivity index (χ0v) is 19.1. The summed E-state index contributed by atoms with van der Waals surface area (Å²) in [7, 11) is 0. The number of alkyl halides is 4. The summed E-state index contributed by atoms with van der Waals surface area (Å²) in [6.45, 7) is -1.55. The molecule has 8 nitrogen and oxygen atoms in total. The van der Waals surface area contributed by atoms with Crippen LogP contribution in [0.1, 0.15) is 68.3 Å². The van der Waals surface area contributed by atoms with Crippen LogP contribution in [-0.2, 0) is 0 Å². The minimum Gasteiger partial charge on any atom is -0.332 e. The lowest BCUT2D eigenvalue weighted by atomic mass is 9.63. The van der Waals surface area contributed by atoms with Crippen molar-refractivity contribution in [1.82, 2.24) is 24.8 Å². The van der Waals surface area contributed by atoms with Crippen molar-refractivity contribution in [3.05, 3.63) is 29.7 Å². The van der Waals surface area contributed by atoms with Gasteiger partial charge in [-0.2, -0.15) is 10.4 Å². The predicted octanol–water partition coefficient (Wildman–Crippen LogP) is 3.95. The Morgan fingerprint density at radius 3 is 2.51 bits per heavy atom. The standard InChI is InChI=1S/C23H27F4N7O/c24-22(25)6-2-14(3-7-22)18(29)16-10-34-17(32-16)8-15(9-31-34)19(21(11-28)4-1-5-21)33-13-23(26,27)12-30-20(33)35/h8-10,14,18-19H,1-7,12-13,29H2,(H,30,35)/t18-,19?/m0/s1. The number of hydrogen-bond donors (Lipinski definition) is 2. The molecule has 0 bridgehead atoms. The lowest BCUT2D eigenvalue weighted by molar-refractivity contribution is -0.0627. The molecule has 2 aromatic rings. The van der Waals surface area contributed by atoms with Gasteiger partial charge in [-0.3, -0.25) is 0 Å². The highest BCUT2D eigenvalue weighted by Gasteiger charge is 2.53. The summed E-state index contributed by atoms with van der Waals surface area (Å²) in [5.74, 6) is -5.92.